The van der Waals surface area contributed by atoms with Crippen molar-refractivity contribution in [3.05, 3.63) is 50.1 Å². The minimum atomic E-state index is -5.15. The summed E-state index contributed by atoms with van der Waals surface area (Å²) in [5, 5.41) is 8.19. The number of halogens is 8. The lowest BCUT2D eigenvalue weighted by molar-refractivity contribution is -0.137. The van der Waals surface area contributed by atoms with E-state index in [9.17, 15) is 30.9 Å². The van der Waals surface area contributed by atoms with E-state index in [-0.39, 0.29) is 5.69 Å². The molecular weight excluding hydrogens is 443 g/mol. The van der Waals surface area contributed by atoms with Gasteiger partial charge in [-0.2, -0.15) is 18.4 Å². The van der Waals surface area contributed by atoms with Gasteiger partial charge >= 0.3 is 11.7 Å². The summed E-state index contributed by atoms with van der Waals surface area (Å²) in [5.41, 5.74) is -2.20. The third-order valence-electron chi connectivity index (χ3n) is 3.32. The van der Waals surface area contributed by atoms with Crippen LogP contribution in [0.3, 0.4) is 0 Å². The minimum absolute atomic E-state index is 0.195. The van der Waals surface area contributed by atoms with Gasteiger partial charge in [-0.15, -0.1) is 13.2 Å². The number of benzene rings is 1. The van der Waals surface area contributed by atoms with E-state index < -0.39 is 61.2 Å². The Morgan fingerprint density at radius 1 is 1.15 bits per heavy atom. The largest absolute Gasteiger partial charge is 0.604 e. The first-order valence-electron chi connectivity index (χ1n) is 6.69. The van der Waals surface area contributed by atoms with Crippen LogP contribution in [-0.4, -0.2) is 16.6 Å². The van der Waals surface area contributed by atoms with Gasteiger partial charge in [0, 0.05) is 6.20 Å². The van der Waals surface area contributed by atoms with Gasteiger partial charge in [0.1, 0.15) is 28.5 Å². The first kappa shape index (κ1) is 21.6. The molecule has 1 heterocycles. The van der Waals surface area contributed by atoms with Crippen LogP contribution in [-0.2, 0) is 17.4 Å². The molecule has 146 valence electrons. The van der Waals surface area contributed by atoms with E-state index in [0.29, 0.717) is 12.1 Å². The summed E-state index contributed by atoms with van der Waals surface area (Å²) in [6.45, 7) is -0.570. The Hall–Kier alpha value is -1.74. The van der Waals surface area contributed by atoms with Crippen LogP contribution < -0.4 is 10.6 Å². The van der Waals surface area contributed by atoms with E-state index >= 15 is 0 Å². The van der Waals surface area contributed by atoms with Crippen molar-refractivity contribution in [2.24, 2.45) is 5.73 Å². The molecule has 27 heavy (non-hydrogen) atoms. The normalized spacial score (nSPS) is 16.9. The zero-order chi connectivity index (χ0) is 20.7. The molecule has 0 aliphatic carbocycles. The number of anilines is 1. The number of nitrogens with zero attached hydrogens (tertiary/aromatic N) is 2. The van der Waals surface area contributed by atoms with Crippen molar-refractivity contribution in [1.82, 2.24) is 0 Å². The van der Waals surface area contributed by atoms with E-state index in [0.717, 1.165) is 11.1 Å². The third kappa shape index (κ3) is 4.40. The Kier molecular flexibility index (Phi) is 5.87. The SMILES string of the molecule is N#CC1=C([S+]([O-])C(F)(F)F)C(N)=CN(c2c(Cl)cc(C(F)(F)F)cc2Cl)C1. The molecule has 2 N–H and O–H groups in total. The average molecular weight is 450 g/mol. The van der Waals surface area contributed by atoms with E-state index in [1.165, 1.54) is 6.07 Å². The zero-order valence-corrected chi connectivity index (χ0v) is 15.1. The Bertz CT molecular complexity index is 852. The maximum absolute atomic E-state index is 12.8. The number of hydrogen-bond donors (Lipinski definition) is 1. The van der Waals surface area contributed by atoms with Crippen molar-refractivity contribution in [2.45, 2.75) is 11.7 Å². The topological polar surface area (TPSA) is 76.1 Å². The quantitative estimate of drug-likeness (QED) is 0.525. The van der Waals surface area contributed by atoms with Gasteiger partial charge in [0.25, 0.3) is 0 Å². The van der Waals surface area contributed by atoms with Crippen molar-refractivity contribution in [3.8, 4) is 6.07 Å². The van der Waals surface area contributed by atoms with Crippen LogP contribution in [0.4, 0.5) is 32.0 Å². The highest BCUT2D eigenvalue weighted by molar-refractivity contribution is 7.96. The fourth-order valence-electron chi connectivity index (χ4n) is 2.26. The van der Waals surface area contributed by atoms with E-state index in [2.05, 4.69) is 0 Å². The summed E-state index contributed by atoms with van der Waals surface area (Å²) in [5.74, 6) is 0. The second-order valence-corrected chi connectivity index (χ2v) is 7.36. The maximum Gasteiger partial charge on any atom is 0.578 e. The Morgan fingerprint density at radius 3 is 2.07 bits per heavy atom. The molecule has 1 atom stereocenters. The number of rotatable bonds is 2. The molecule has 13 heteroatoms. The van der Waals surface area contributed by atoms with Gasteiger partial charge in [-0.05, 0) is 12.1 Å². The fraction of sp³-hybridized carbons (Fsp3) is 0.214. The molecule has 1 aliphatic rings. The lowest BCUT2D eigenvalue weighted by Gasteiger charge is -2.29. The monoisotopic (exact) mass is 449 g/mol. The summed E-state index contributed by atoms with van der Waals surface area (Å²) in [7, 11) is 0. The lowest BCUT2D eigenvalue weighted by atomic mass is 10.1. The van der Waals surface area contributed by atoms with Crippen LogP contribution in [0.2, 0.25) is 10.0 Å². The molecule has 1 unspecified atom stereocenters. The predicted octanol–water partition coefficient (Wildman–Crippen LogP) is 4.68. The molecule has 0 saturated heterocycles. The highest BCUT2D eigenvalue weighted by Crippen LogP contribution is 2.43. The lowest BCUT2D eigenvalue weighted by Crippen LogP contribution is -2.34. The van der Waals surface area contributed by atoms with Gasteiger partial charge in [-0.3, -0.25) is 0 Å². The van der Waals surface area contributed by atoms with Crippen molar-refractivity contribution in [1.29, 1.82) is 5.26 Å². The highest BCUT2D eigenvalue weighted by atomic mass is 35.5. The summed E-state index contributed by atoms with van der Waals surface area (Å²) in [6, 6.07) is 2.62. The van der Waals surface area contributed by atoms with Crippen LogP contribution in [0.15, 0.2) is 34.5 Å². The Morgan fingerprint density at radius 2 is 1.67 bits per heavy atom. The molecule has 0 bridgehead atoms. The molecule has 0 radical (unpaired) electrons. The van der Waals surface area contributed by atoms with Crippen LogP contribution in [0, 0.1) is 11.3 Å². The number of nitriles is 1. The van der Waals surface area contributed by atoms with Crippen LogP contribution in [0.1, 0.15) is 5.56 Å². The third-order valence-corrected chi connectivity index (χ3v) is 5.17. The van der Waals surface area contributed by atoms with Crippen LogP contribution >= 0.6 is 23.2 Å². The van der Waals surface area contributed by atoms with Gasteiger partial charge in [-0.25, -0.2) is 0 Å². The second-order valence-electron chi connectivity index (χ2n) is 5.13. The molecule has 2 rings (SSSR count). The highest BCUT2D eigenvalue weighted by Gasteiger charge is 2.50. The zero-order valence-electron chi connectivity index (χ0n) is 12.8. The maximum atomic E-state index is 12.8. The Balaban J connectivity index is 2.51. The summed E-state index contributed by atoms with van der Waals surface area (Å²) >= 11 is 8.14. The number of hydrogen-bond acceptors (Lipinski definition) is 4. The van der Waals surface area contributed by atoms with Crippen molar-refractivity contribution >= 4 is 40.1 Å². The molecule has 0 spiro atoms. The van der Waals surface area contributed by atoms with Gasteiger partial charge in [0.2, 0.25) is 4.91 Å². The van der Waals surface area contributed by atoms with Crippen LogP contribution in [0.5, 0.6) is 0 Å². The van der Waals surface area contributed by atoms with Crippen molar-refractivity contribution < 1.29 is 30.9 Å². The van der Waals surface area contributed by atoms with Gasteiger partial charge < -0.3 is 15.2 Å². The summed E-state index contributed by atoms with van der Waals surface area (Å²) < 4.78 is 88.2. The fourth-order valence-corrected chi connectivity index (χ4v) is 3.79. The van der Waals surface area contributed by atoms with Gasteiger partial charge in [0.05, 0.1) is 27.8 Å². The molecule has 1 aromatic carbocycles. The molecular formula is C14H7Cl2F6N3OS. The second kappa shape index (κ2) is 7.35. The molecule has 1 aromatic rings. The van der Waals surface area contributed by atoms with Gasteiger partial charge in [0.15, 0.2) is 0 Å². The average Bonchev–Trinajstić information content (AvgIpc) is 2.51. The summed E-state index contributed by atoms with van der Waals surface area (Å²) in [4.78, 5) is 0.0934. The first-order chi connectivity index (χ1) is 12.3. The smallest absolute Gasteiger partial charge is 0.578 e. The van der Waals surface area contributed by atoms with Crippen molar-refractivity contribution in [3.63, 3.8) is 0 Å². The van der Waals surface area contributed by atoms with E-state index in [1.54, 1.807) is 0 Å². The number of alkyl halides is 6. The van der Waals surface area contributed by atoms with Crippen LogP contribution in [0.25, 0.3) is 0 Å². The predicted molar refractivity (Wildman–Crippen MR) is 87.9 cm³/mol. The van der Waals surface area contributed by atoms with E-state index in [1.807, 2.05) is 0 Å². The van der Waals surface area contributed by atoms with E-state index in [4.69, 9.17) is 34.2 Å². The molecule has 0 amide bonds. The Labute approximate surface area is 161 Å². The van der Waals surface area contributed by atoms with Gasteiger partial charge in [-0.1, -0.05) is 23.2 Å². The van der Waals surface area contributed by atoms with Crippen molar-refractivity contribution in [2.75, 3.05) is 11.4 Å². The molecule has 1 aliphatic heterocycles. The summed E-state index contributed by atoms with van der Waals surface area (Å²) in [6.07, 6.45) is -3.85. The number of nitrogens with two attached hydrogens (primary N) is 1. The molecule has 0 saturated carbocycles. The molecule has 0 aromatic heterocycles. The molecule has 4 nitrogen and oxygen atoms in total. The minimum Gasteiger partial charge on any atom is -0.604 e. The first-order valence-corrected chi connectivity index (χ1v) is 8.60. The molecule has 0 fully saturated rings. The standard InChI is InChI=1S/C14H7Cl2F6N3OS/c15-8-1-7(13(17,18)19)2-9(16)11(8)25-4-6(3-23)12(10(24)5-25)27(26)14(20,21)22/h1-2,5H,4,24H2.